The third-order valence-corrected chi connectivity index (χ3v) is 0.407. The molecule has 0 unspecified atom stereocenters. The lowest BCUT2D eigenvalue weighted by Crippen LogP contribution is -2.39. The molecule has 0 aliphatic rings. The summed E-state index contributed by atoms with van der Waals surface area (Å²) >= 11 is 0. The zero-order valence-electron chi connectivity index (χ0n) is 3.66. The van der Waals surface area contributed by atoms with Crippen LogP contribution in [-0.4, -0.2) is 16.9 Å². The van der Waals surface area contributed by atoms with Crippen LogP contribution in [0.25, 0.3) is 0 Å². The Kier molecular flexibility index (Phi) is 2.26. The van der Waals surface area contributed by atoms with Gasteiger partial charge in [-0.2, -0.15) is 8.78 Å². The first kappa shape index (κ1) is 8.50. The normalized spacial score (nSPS) is 13.3. The first-order valence-corrected chi connectivity index (χ1v) is 1.50. The summed E-state index contributed by atoms with van der Waals surface area (Å²) in [6.07, 6.45) is -5.50. The highest BCUT2D eigenvalue weighted by atomic mass is 19.4. The predicted octanol–water partition coefficient (Wildman–Crippen LogP) is 1.68. The molecule has 0 rings (SSSR count). The zero-order chi connectivity index (χ0) is 7.65. The SMILES string of the molecule is FN(F)C(F)(F)N(F)F. The second-order valence-electron chi connectivity index (χ2n) is 0.975. The topological polar surface area (TPSA) is 6.48 Å². The Bertz CT molecular complexity index is 79.1. The maximum atomic E-state index is 11.0. The molecule has 0 saturated carbocycles. The van der Waals surface area contributed by atoms with Crippen LogP contribution in [0.4, 0.5) is 26.7 Å². The van der Waals surface area contributed by atoms with Crippen LogP contribution in [0.1, 0.15) is 0 Å². The minimum absolute atomic E-state index is 2.90. The maximum Gasteiger partial charge on any atom is 0.476 e. The Labute approximate surface area is 45.0 Å². The summed E-state index contributed by atoms with van der Waals surface area (Å²) in [6.45, 7) is 0. The highest BCUT2D eigenvalue weighted by Gasteiger charge is 2.49. The van der Waals surface area contributed by atoms with Gasteiger partial charge in [-0.25, -0.2) is 0 Å². The zero-order valence-corrected chi connectivity index (χ0v) is 3.66. The molecule has 9 heavy (non-hydrogen) atoms. The Morgan fingerprint density at radius 2 is 1.00 bits per heavy atom. The molecule has 0 aromatic heterocycles. The van der Waals surface area contributed by atoms with Crippen LogP contribution >= 0.6 is 0 Å². The molecule has 0 fully saturated rings. The van der Waals surface area contributed by atoms with Gasteiger partial charge in [-0.3, -0.25) is 0 Å². The van der Waals surface area contributed by atoms with Gasteiger partial charge in [0, 0.05) is 0 Å². The summed E-state index contributed by atoms with van der Waals surface area (Å²) in [6, 6.07) is 0. The molecule has 0 radical (unpaired) electrons. The lowest BCUT2D eigenvalue weighted by atomic mass is 11.0. The van der Waals surface area contributed by atoms with Gasteiger partial charge in [0.15, 0.2) is 0 Å². The molecule has 0 bridgehead atoms. The Balaban J connectivity index is 4.01. The Morgan fingerprint density at radius 3 is 1.00 bits per heavy atom. The van der Waals surface area contributed by atoms with Crippen molar-refractivity contribution < 1.29 is 26.7 Å². The molecule has 0 N–H and O–H groups in total. The van der Waals surface area contributed by atoms with Crippen molar-refractivity contribution in [2.75, 3.05) is 0 Å². The van der Waals surface area contributed by atoms with Gasteiger partial charge in [0.25, 0.3) is 0 Å². The van der Waals surface area contributed by atoms with E-state index in [2.05, 4.69) is 0 Å². The smallest absolute Gasteiger partial charge is 0.163 e. The van der Waals surface area contributed by atoms with Gasteiger partial charge in [-0.05, 0) is 0 Å². The van der Waals surface area contributed by atoms with Gasteiger partial charge in [0.2, 0.25) is 0 Å². The maximum absolute atomic E-state index is 11.0. The highest BCUT2D eigenvalue weighted by Crippen LogP contribution is 2.25. The molecule has 0 aromatic carbocycles. The van der Waals surface area contributed by atoms with E-state index in [1.54, 1.807) is 0 Å². The second kappa shape index (κ2) is 2.40. The molecule has 8 heteroatoms. The van der Waals surface area contributed by atoms with E-state index in [-0.39, 0.29) is 0 Å². The van der Waals surface area contributed by atoms with Crippen molar-refractivity contribution in [2.24, 2.45) is 0 Å². The van der Waals surface area contributed by atoms with E-state index in [0.29, 0.717) is 0 Å². The number of alkyl halides is 2. The fraction of sp³-hybridized carbons (Fsp3) is 1.00. The first-order chi connectivity index (χ1) is 3.89. The van der Waals surface area contributed by atoms with Gasteiger partial charge >= 0.3 is 6.17 Å². The molecule has 0 aliphatic carbocycles. The average molecular weight is 154 g/mol. The third-order valence-electron chi connectivity index (χ3n) is 0.407. The predicted molar refractivity (Wildman–Crippen MR) is 13.1 cm³/mol. The van der Waals surface area contributed by atoms with Crippen LogP contribution < -0.4 is 0 Å². The van der Waals surface area contributed by atoms with E-state index in [4.69, 9.17) is 0 Å². The van der Waals surface area contributed by atoms with Gasteiger partial charge < -0.3 is 0 Å². The number of halogens is 6. The Hall–Kier alpha value is -0.500. The molecule has 0 heterocycles. The van der Waals surface area contributed by atoms with Crippen molar-refractivity contribution in [2.45, 2.75) is 6.17 Å². The van der Waals surface area contributed by atoms with E-state index in [0.717, 1.165) is 0 Å². The molecule has 0 amide bonds. The van der Waals surface area contributed by atoms with Crippen LogP contribution in [-0.2, 0) is 0 Å². The largest absolute Gasteiger partial charge is 0.476 e. The summed E-state index contributed by atoms with van der Waals surface area (Å²) in [5, 5.41) is -5.79. The second-order valence-corrected chi connectivity index (χ2v) is 0.975. The van der Waals surface area contributed by atoms with E-state index in [9.17, 15) is 26.7 Å². The number of nitrogens with zero attached hydrogens (tertiary/aromatic N) is 2. The van der Waals surface area contributed by atoms with Crippen molar-refractivity contribution in [1.29, 1.82) is 0 Å². The van der Waals surface area contributed by atoms with E-state index in [1.165, 1.54) is 0 Å². The molecule has 0 aliphatic heterocycles. The summed E-state index contributed by atoms with van der Waals surface area (Å²) < 4.78 is 64.5. The average Bonchev–Trinajstić information content (AvgIpc) is 1.65. The van der Waals surface area contributed by atoms with Crippen LogP contribution in [0.3, 0.4) is 0 Å². The summed E-state index contributed by atoms with van der Waals surface area (Å²) in [7, 11) is 0. The molecule has 2 nitrogen and oxygen atoms in total. The van der Waals surface area contributed by atoms with Crippen LogP contribution in [0, 0.1) is 0 Å². The quantitative estimate of drug-likeness (QED) is 0.258. The van der Waals surface area contributed by atoms with E-state index < -0.39 is 16.9 Å². The highest BCUT2D eigenvalue weighted by molar-refractivity contribution is 4.38. The van der Waals surface area contributed by atoms with Gasteiger partial charge in [0.05, 0.1) is 0 Å². The minimum atomic E-state index is -5.50. The lowest BCUT2D eigenvalue weighted by Gasteiger charge is -2.13. The van der Waals surface area contributed by atoms with Crippen molar-refractivity contribution >= 4 is 0 Å². The summed E-state index contributed by atoms with van der Waals surface area (Å²) in [5.41, 5.74) is 0. The van der Waals surface area contributed by atoms with E-state index >= 15 is 0 Å². The van der Waals surface area contributed by atoms with Crippen LogP contribution in [0.2, 0.25) is 0 Å². The molecule has 0 atom stereocenters. The number of hydrogen-bond donors (Lipinski definition) is 0. The van der Waals surface area contributed by atoms with Crippen molar-refractivity contribution in [3.8, 4) is 0 Å². The van der Waals surface area contributed by atoms with Gasteiger partial charge in [0.1, 0.15) is 10.7 Å². The van der Waals surface area contributed by atoms with Crippen LogP contribution in [0.5, 0.6) is 0 Å². The van der Waals surface area contributed by atoms with Gasteiger partial charge in [-0.1, -0.05) is 17.9 Å². The Morgan fingerprint density at radius 1 is 0.778 bits per heavy atom. The molecule has 0 spiro atoms. The van der Waals surface area contributed by atoms with Gasteiger partial charge in [-0.15, -0.1) is 0 Å². The van der Waals surface area contributed by atoms with Crippen molar-refractivity contribution in [3.05, 3.63) is 0 Å². The third kappa shape index (κ3) is 1.72. The minimum Gasteiger partial charge on any atom is -0.163 e. The lowest BCUT2D eigenvalue weighted by molar-refractivity contribution is -0.466. The molecule has 56 valence electrons. The fourth-order valence-corrected chi connectivity index (χ4v) is 0.0571. The van der Waals surface area contributed by atoms with E-state index in [1.807, 2.05) is 0 Å². The van der Waals surface area contributed by atoms with Crippen LogP contribution in [0.15, 0.2) is 0 Å². The molecular formula is CF6N2. The standard InChI is InChI=1S/CF6N2/c2-1(3,8(4)5)9(6)7. The fourth-order valence-electron chi connectivity index (χ4n) is 0.0571. The van der Waals surface area contributed by atoms with Crippen molar-refractivity contribution in [3.63, 3.8) is 0 Å². The summed E-state index contributed by atoms with van der Waals surface area (Å²) in [4.78, 5) is 0. The summed E-state index contributed by atoms with van der Waals surface area (Å²) in [5.74, 6) is 0. The molecular weight excluding hydrogens is 154 g/mol. The molecule has 0 aromatic rings. The monoisotopic (exact) mass is 154 g/mol. The van der Waals surface area contributed by atoms with Crippen molar-refractivity contribution in [1.82, 2.24) is 10.7 Å². The number of hydrogen-bond acceptors (Lipinski definition) is 2. The number of rotatable bonds is 2. The first-order valence-electron chi connectivity index (χ1n) is 1.50. The molecule has 0 saturated heterocycles.